The Morgan fingerprint density at radius 2 is 1.79 bits per heavy atom. The van der Waals surface area contributed by atoms with Gasteiger partial charge in [-0.15, -0.1) is 0 Å². The summed E-state index contributed by atoms with van der Waals surface area (Å²) in [7, 11) is 0. The van der Waals surface area contributed by atoms with Crippen LogP contribution in [0, 0.1) is 17.8 Å². The van der Waals surface area contributed by atoms with Crippen LogP contribution in [-0.4, -0.2) is 16.9 Å². The molecular weight excluding hydrogens is 308 g/mol. The second-order valence-corrected chi connectivity index (χ2v) is 6.08. The summed E-state index contributed by atoms with van der Waals surface area (Å²) in [4.78, 5) is 23.8. The lowest BCUT2D eigenvalue weighted by molar-refractivity contribution is -0.142. The fourth-order valence-corrected chi connectivity index (χ4v) is 3.13. The third-order valence-corrected chi connectivity index (χ3v) is 4.55. The largest absolute Gasteiger partial charge is 0.481 e. The lowest BCUT2D eigenvalue weighted by atomic mass is 9.88. The van der Waals surface area contributed by atoms with Crippen molar-refractivity contribution in [3.05, 3.63) is 34.3 Å². The van der Waals surface area contributed by atoms with Gasteiger partial charge in [0.1, 0.15) is 0 Å². The monoisotopic (exact) mass is 324 g/mol. The second kappa shape index (κ2) is 5.87. The molecule has 102 valence electrons. The molecule has 3 nitrogen and oxygen atoms in total. The Bertz CT molecular complexity index is 481. The van der Waals surface area contributed by atoms with E-state index < -0.39 is 11.9 Å². The summed E-state index contributed by atoms with van der Waals surface area (Å²) in [5.74, 6) is -1.42. The molecule has 0 radical (unpaired) electrons. The van der Waals surface area contributed by atoms with E-state index in [1.165, 1.54) is 0 Å². The number of ketones is 1. The molecule has 0 aliphatic heterocycles. The quantitative estimate of drug-likeness (QED) is 0.858. The Labute approximate surface area is 121 Å². The smallest absolute Gasteiger partial charge is 0.307 e. The molecule has 3 atom stereocenters. The maximum atomic E-state index is 12.5. The van der Waals surface area contributed by atoms with Gasteiger partial charge in [-0.3, -0.25) is 9.59 Å². The maximum absolute atomic E-state index is 12.5. The summed E-state index contributed by atoms with van der Waals surface area (Å²) in [5, 5.41) is 9.28. The minimum atomic E-state index is -0.841. The number of Topliss-reactive ketones (excluding diaryl/α,β-unsaturated/α-hetero) is 1. The van der Waals surface area contributed by atoms with Gasteiger partial charge in [-0.1, -0.05) is 41.4 Å². The van der Waals surface area contributed by atoms with Crippen LogP contribution in [0.4, 0.5) is 0 Å². The Hall–Kier alpha value is -1.16. The Kier molecular flexibility index (Phi) is 4.40. The summed E-state index contributed by atoms with van der Waals surface area (Å²) < 4.78 is 0.914. The van der Waals surface area contributed by atoms with Gasteiger partial charge in [-0.2, -0.15) is 0 Å². The third-order valence-electron chi connectivity index (χ3n) is 4.02. The van der Waals surface area contributed by atoms with Crippen molar-refractivity contribution in [3.63, 3.8) is 0 Å². The van der Waals surface area contributed by atoms with Gasteiger partial charge in [-0.25, -0.2) is 0 Å². The molecule has 2 rings (SSSR count). The number of carbonyl (C=O) groups excluding carboxylic acids is 1. The molecule has 1 aliphatic rings. The molecule has 0 heterocycles. The van der Waals surface area contributed by atoms with Crippen LogP contribution in [0.3, 0.4) is 0 Å². The number of carboxylic acids is 1. The van der Waals surface area contributed by atoms with Gasteiger partial charge < -0.3 is 5.11 Å². The number of hydrogen-bond acceptors (Lipinski definition) is 2. The molecule has 1 aromatic rings. The van der Waals surface area contributed by atoms with Crippen LogP contribution in [-0.2, 0) is 4.79 Å². The molecule has 0 spiro atoms. The molecule has 1 fully saturated rings. The third kappa shape index (κ3) is 3.06. The summed E-state index contributed by atoms with van der Waals surface area (Å²) in [6, 6.07) is 7.14. The maximum Gasteiger partial charge on any atom is 0.307 e. The highest BCUT2D eigenvalue weighted by molar-refractivity contribution is 9.10. The summed E-state index contributed by atoms with van der Waals surface area (Å²) in [5.41, 5.74) is 0.608. The molecule has 0 saturated heterocycles. The highest BCUT2D eigenvalue weighted by atomic mass is 79.9. The van der Waals surface area contributed by atoms with Gasteiger partial charge in [-0.05, 0) is 30.9 Å². The minimum Gasteiger partial charge on any atom is -0.481 e. The van der Waals surface area contributed by atoms with E-state index in [0.29, 0.717) is 24.3 Å². The number of rotatable bonds is 4. The first-order valence-electron chi connectivity index (χ1n) is 6.55. The molecule has 19 heavy (non-hydrogen) atoms. The topological polar surface area (TPSA) is 54.4 Å². The van der Waals surface area contributed by atoms with Crippen LogP contribution in [0.25, 0.3) is 0 Å². The van der Waals surface area contributed by atoms with E-state index in [1.807, 2.05) is 12.1 Å². The first kappa shape index (κ1) is 14.3. The summed E-state index contributed by atoms with van der Waals surface area (Å²) in [6.45, 7) is 2.05. The Morgan fingerprint density at radius 1 is 1.21 bits per heavy atom. The highest BCUT2D eigenvalue weighted by Crippen LogP contribution is 2.40. The lowest BCUT2D eigenvalue weighted by Crippen LogP contribution is -2.25. The molecule has 1 aliphatic carbocycles. The van der Waals surface area contributed by atoms with E-state index in [-0.39, 0.29) is 11.7 Å². The number of carbonyl (C=O) groups is 2. The fourth-order valence-electron chi connectivity index (χ4n) is 2.87. The SMILES string of the molecule is CCC1CC(C(=O)O)C(C(=O)c2ccc(Br)cc2)C1. The van der Waals surface area contributed by atoms with Gasteiger partial charge in [0.15, 0.2) is 5.78 Å². The van der Waals surface area contributed by atoms with Crippen molar-refractivity contribution in [2.24, 2.45) is 17.8 Å². The van der Waals surface area contributed by atoms with Gasteiger partial charge in [0, 0.05) is 16.0 Å². The van der Waals surface area contributed by atoms with Crippen molar-refractivity contribution in [1.29, 1.82) is 0 Å². The zero-order valence-corrected chi connectivity index (χ0v) is 12.4. The minimum absolute atomic E-state index is 0.0316. The predicted octanol–water partition coefficient (Wildman–Crippen LogP) is 3.77. The van der Waals surface area contributed by atoms with Crippen molar-refractivity contribution < 1.29 is 14.7 Å². The first-order chi connectivity index (χ1) is 9.02. The number of hydrogen-bond donors (Lipinski definition) is 1. The molecule has 0 amide bonds. The van der Waals surface area contributed by atoms with E-state index in [9.17, 15) is 14.7 Å². The average molecular weight is 325 g/mol. The van der Waals surface area contributed by atoms with E-state index in [4.69, 9.17) is 0 Å². The van der Waals surface area contributed by atoms with Crippen LogP contribution >= 0.6 is 15.9 Å². The second-order valence-electron chi connectivity index (χ2n) is 5.17. The molecule has 1 N–H and O–H groups in total. The molecule has 1 saturated carbocycles. The van der Waals surface area contributed by atoms with Crippen molar-refractivity contribution >= 4 is 27.7 Å². The van der Waals surface area contributed by atoms with Crippen LogP contribution in [0.2, 0.25) is 0 Å². The standard InChI is InChI=1S/C15H17BrO3/c1-2-9-7-12(13(8-9)15(18)19)14(17)10-3-5-11(16)6-4-10/h3-6,9,12-13H,2,7-8H2,1H3,(H,18,19). The number of aliphatic carboxylic acids is 1. The first-order valence-corrected chi connectivity index (χ1v) is 7.34. The van der Waals surface area contributed by atoms with Crippen molar-refractivity contribution in [2.75, 3.05) is 0 Å². The van der Waals surface area contributed by atoms with Crippen molar-refractivity contribution in [2.45, 2.75) is 26.2 Å². The molecule has 3 unspecified atom stereocenters. The van der Waals surface area contributed by atoms with Gasteiger partial charge in [0.2, 0.25) is 0 Å². The molecule has 1 aromatic carbocycles. The van der Waals surface area contributed by atoms with Gasteiger partial charge >= 0.3 is 5.97 Å². The Morgan fingerprint density at radius 3 is 2.32 bits per heavy atom. The number of carboxylic acid groups (broad SMARTS) is 1. The zero-order valence-electron chi connectivity index (χ0n) is 10.8. The number of halogens is 1. The number of benzene rings is 1. The van der Waals surface area contributed by atoms with E-state index in [0.717, 1.165) is 10.9 Å². The van der Waals surface area contributed by atoms with Crippen LogP contribution in [0.15, 0.2) is 28.7 Å². The van der Waals surface area contributed by atoms with Gasteiger partial charge in [0.05, 0.1) is 5.92 Å². The summed E-state index contributed by atoms with van der Waals surface area (Å²) in [6.07, 6.45) is 2.26. The Balaban J connectivity index is 2.21. The highest BCUT2D eigenvalue weighted by Gasteiger charge is 2.42. The fraction of sp³-hybridized carbons (Fsp3) is 0.467. The van der Waals surface area contributed by atoms with E-state index in [1.54, 1.807) is 12.1 Å². The van der Waals surface area contributed by atoms with E-state index in [2.05, 4.69) is 22.9 Å². The van der Waals surface area contributed by atoms with Gasteiger partial charge in [0.25, 0.3) is 0 Å². The van der Waals surface area contributed by atoms with Crippen LogP contribution in [0.1, 0.15) is 36.5 Å². The van der Waals surface area contributed by atoms with Crippen molar-refractivity contribution in [3.8, 4) is 0 Å². The van der Waals surface area contributed by atoms with Crippen LogP contribution in [0.5, 0.6) is 0 Å². The summed E-state index contributed by atoms with van der Waals surface area (Å²) >= 11 is 3.33. The average Bonchev–Trinajstić information content (AvgIpc) is 2.83. The predicted molar refractivity (Wildman–Crippen MR) is 76.1 cm³/mol. The normalized spacial score (nSPS) is 26.3. The lowest BCUT2D eigenvalue weighted by Gasteiger charge is -2.14. The van der Waals surface area contributed by atoms with E-state index >= 15 is 0 Å². The van der Waals surface area contributed by atoms with Crippen molar-refractivity contribution in [1.82, 2.24) is 0 Å². The zero-order chi connectivity index (χ0) is 14.0. The molecular formula is C15H17BrO3. The van der Waals surface area contributed by atoms with Crippen LogP contribution < -0.4 is 0 Å². The molecule has 0 bridgehead atoms. The molecule has 4 heteroatoms. The molecule has 0 aromatic heterocycles.